The number of aliphatic carboxylic acids is 1. The molecule has 0 saturated heterocycles. The Bertz CT molecular complexity index is 502. The molecular formula is C40H80O2. The molecule has 0 amide bonds. The van der Waals surface area contributed by atoms with Gasteiger partial charge >= 0.3 is 5.97 Å². The van der Waals surface area contributed by atoms with Gasteiger partial charge in [0.05, 0.1) is 0 Å². The van der Waals surface area contributed by atoms with E-state index in [9.17, 15) is 4.79 Å². The lowest BCUT2D eigenvalue weighted by atomic mass is 9.89. The molecule has 0 heterocycles. The van der Waals surface area contributed by atoms with Gasteiger partial charge in [0, 0.05) is 6.42 Å². The van der Waals surface area contributed by atoms with Crippen LogP contribution < -0.4 is 0 Å². The van der Waals surface area contributed by atoms with Crippen LogP contribution in [0.3, 0.4) is 0 Å². The molecule has 1 N–H and O–H groups in total. The van der Waals surface area contributed by atoms with Crippen molar-refractivity contribution in [3.8, 4) is 0 Å². The maximum atomic E-state index is 10.6. The van der Waals surface area contributed by atoms with Crippen LogP contribution in [0.15, 0.2) is 0 Å². The standard InChI is InChI=1S/C40H80O2/c1-3-5-7-9-11-12-13-14-15-16-17-18-21-24-28-32-36-39(35-31-27-10-8-6-4-2)37-33-29-25-22-19-20-23-26-30-34-38-40(41)42/h39H,3-38H2,1-2H3,(H,41,42). The van der Waals surface area contributed by atoms with Crippen LogP contribution in [-0.4, -0.2) is 11.1 Å². The second kappa shape index (κ2) is 36.7. The number of rotatable bonds is 37. The van der Waals surface area contributed by atoms with Gasteiger partial charge in [0.15, 0.2) is 0 Å². The predicted molar refractivity (Wildman–Crippen MR) is 189 cm³/mol. The third-order valence-electron chi connectivity index (χ3n) is 9.68. The topological polar surface area (TPSA) is 37.3 Å². The fourth-order valence-electron chi connectivity index (χ4n) is 6.75. The van der Waals surface area contributed by atoms with Gasteiger partial charge in [0.25, 0.3) is 0 Å². The van der Waals surface area contributed by atoms with Crippen LogP contribution in [0.25, 0.3) is 0 Å². The molecule has 0 spiro atoms. The Balaban J connectivity index is 3.74. The first kappa shape index (κ1) is 41.5. The molecule has 0 rings (SSSR count). The van der Waals surface area contributed by atoms with Crippen molar-refractivity contribution in [1.82, 2.24) is 0 Å². The molecule has 0 fully saturated rings. The third-order valence-corrected chi connectivity index (χ3v) is 9.68. The Labute approximate surface area is 266 Å². The second-order valence-electron chi connectivity index (χ2n) is 14.0. The molecule has 42 heavy (non-hydrogen) atoms. The van der Waals surface area contributed by atoms with Crippen LogP contribution in [0.1, 0.15) is 245 Å². The first-order valence-corrected chi connectivity index (χ1v) is 19.9. The molecule has 0 aromatic rings. The predicted octanol–water partition coefficient (Wildman–Crippen LogP) is 14.8. The van der Waals surface area contributed by atoms with Crippen molar-refractivity contribution in [1.29, 1.82) is 0 Å². The number of carboxylic acid groups (broad SMARTS) is 1. The summed E-state index contributed by atoms with van der Waals surface area (Å²) in [5.41, 5.74) is 0. The molecule has 252 valence electrons. The smallest absolute Gasteiger partial charge is 0.303 e. The zero-order chi connectivity index (χ0) is 30.6. The molecule has 1 atom stereocenters. The molecule has 0 aliphatic heterocycles. The Morgan fingerprint density at radius 2 is 0.571 bits per heavy atom. The van der Waals surface area contributed by atoms with Gasteiger partial charge in [-0.25, -0.2) is 0 Å². The summed E-state index contributed by atoms with van der Waals surface area (Å²) in [4.78, 5) is 10.6. The van der Waals surface area contributed by atoms with Gasteiger partial charge in [0.1, 0.15) is 0 Å². The van der Waals surface area contributed by atoms with Crippen molar-refractivity contribution in [2.75, 3.05) is 0 Å². The van der Waals surface area contributed by atoms with E-state index in [0.717, 1.165) is 18.8 Å². The lowest BCUT2D eigenvalue weighted by molar-refractivity contribution is -0.137. The first-order chi connectivity index (χ1) is 20.7. The van der Waals surface area contributed by atoms with E-state index in [2.05, 4.69) is 13.8 Å². The normalized spacial score (nSPS) is 12.2. The van der Waals surface area contributed by atoms with E-state index in [1.807, 2.05) is 0 Å². The Hall–Kier alpha value is -0.530. The van der Waals surface area contributed by atoms with Crippen LogP contribution in [-0.2, 0) is 4.79 Å². The number of unbranched alkanes of at least 4 members (excludes halogenated alkanes) is 29. The highest BCUT2D eigenvalue weighted by molar-refractivity contribution is 5.66. The largest absolute Gasteiger partial charge is 0.481 e. The monoisotopic (exact) mass is 593 g/mol. The van der Waals surface area contributed by atoms with Crippen molar-refractivity contribution >= 4 is 5.97 Å². The maximum absolute atomic E-state index is 10.6. The second-order valence-corrected chi connectivity index (χ2v) is 14.0. The molecule has 0 aromatic heterocycles. The van der Waals surface area contributed by atoms with Crippen molar-refractivity contribution in [2.24, 2.45) is 5.92 Å². The van der Waals surface area contributed by atoms with Crippen LogP contribution in [0.2, 0.25) is 0 Å². The van der Waals surface area contributed by atoms with E-state index in [-0.39, 0.29) is 0 Å². The quantitative estimate of drug-likeness (QED) is 0.0728. The van der Waals surface area contributed by atoms with Crippen molar-refractivity contribution < 1.29 is 9.90 Å². The molecule has 2 nitrogen and oxygen atoms in total. The molecule has 0 saturated carbocycles. The number of hydrogen-bond donors (Lipinski definition) is 1. The van der Waals surface area contributed by atoms with E-state index in [4.69, 9.17) is 5.11 Å². The average Bonchev–Trinajstić information content (AvgIpc) is 2.98. The molecule has 2 heteroatoms. The van der Waals surface area contributed by atoms with Gasteiger partial charge in [0.2, 0.25) is 0 Å². The minimum Gasteiger partial charge on any atom is -0.481 e. The molecule has 0 bridgehead atoms. The van der Waals surface area contributed by atoms with E-state index < -0.39 is 5.97 Å². The third kappa shape index (κ3) is 35.7. The zero-order valence-corrected chi connectivity index (χ0v) is 29.4. The first-order valence-electron chi connectivity index (χ1n) is 19.9. The summed E-state index contributed by atoms with van der Waals surface area (Å²) in [5, 5.41) is 8.71. The summed E-state index contributed by atoms with van der Waals surface area (Å²) in [6.07, 6.45) is 49.7. The summed E-state index contributed by atoms with van der Waals surface area (Å²) in [7, 11) is 0. The van der Waals surface area contributed by atoms with Gasteiger partial charge in [-0.3, -0.25) is 4.79 Å². The van der Waals surface area contributed by atoms with Crippen LogP contribution in [0.4, 0.5) is 0 Å². The SMILES string of the molecule is CCCCCCCCCCCCCCCCCCC(CCCCCCCC)CCCCCCCCCCCCC(=O)O. The van der Waals surface area contributed by atoms with Gasteiger partial charge < -0.3 is 5.11 Å². The van der Waals surface area contributed by atoms with Crippen LogP contribution in [0.5, 0.6) is 0 Å². The molecule has 0 aromatic carbocycles. The minimum absolute atomic E-state index is 0.347. The van der Waals surface area contributed by atoms with Gasteiger partial charge in [-0.15, -0.1) is 0 Å². The fourth-order valence-corrected chi connectivity index (χ4v) is 6.75. The summed E-state index contributed by atoms with van der Waals surface area (Å²) >= 11 is 0. The van der Waals surface area contributed by atoms with Crippen molar-refractivity contribution in [2.45, 2.75) is 245 Å². The Morgan fingerprint density at radius 1 is 0.357 bits per heavy atom. The average molecular weight is 593 g/mol. The lowest BCUT2D eigenvalue weighted by Gasteiger charge is -2.17. The van der Waals surface area contributed by atoms with Crippen LogP contribution >= 0.6 is 0 Å². The highest BCUT2D eigenvalue weighted by Crippen LogP contribution is 2.25. The molecule has 1 unspecified atom stereocenters. The number of carbonyl (C=O) groups is 1. The molecule has 0 aliphatic carbocycles. The lowest BCUT2D eigenvalue weighted by Crippen LogP contribution is -2.01. The highest BCUT2D eigenvalue weighted by Gasteiger charge is 2.09. The Morgan fingerprint density at radius 3 is 0.810 bits per heavy atom. The fraction of sp³-hybridized carbons (Fsp3) is 0.975. The summed E-state index contributed by atoms with van der Waals surface area (Å²) in [6.45, 7) is 4.62. The number of hydrogen-bond acceptors (Lipinski definition) is 1. The summed E-state index contributed by atoms with van der Waals surface area (Å²) in [6, 6.07) is 0. The number of carboxylic acids is 1. The molecule has 0 aliphatic rings. The minimum atomic E-state index is -0.644. The zero-order valence-electron chi connectivity index (χ0n) is 29.4. The van der Waals surface area contributed by atoms with E-state index in [1.54, 1.807) is 0 Å². The van der Waals surface area contributed by atoms with Gasteiger partial charge in [-0.1, -0.05) is 232 Å². The van der Waals surface area contributed by atoms with Crippen molar-refractivity contribution in [3.63, 3.8) is 0 Å². The van der Waals surface area contributed by atoms with E-state index >= 15 is 0 Å². The summed E-state index contributed by atoms with van der Waals surface area (Å²) < 4.78 is 0. The van der Waals surface area contributed by atoms with Crippen molar-refractivity contribution in [3.05, 3.63) is 0 Å². The van der Waals surface area contributed by atoms with E-state index in [1.165, 1.54) is 212 Å². The molecular weight excluding hydrogens is 512 g/mol. The highest BCUT2D eigenvalue weighted by atomic mass is 16.4. The summed E-state index contributed by atoms with van der Waals surface area (Å²) in [5.74, 6) is 0.350. The van der Waals surface area contributed by atoms with Gasteiger partial charge in [-0.05, 0) is 12.3 Å². The van der Waals surface area contributed by atoms with Crippen LogP contribution in [0, 0.1) is 5.92 Å². The van der Waals surface area contributed by atoms with Gasteiger partial charge in [-0.2, -0.15) is 0 Å². The maximum Gasteiger partial charge on any atom is 0.303 e. The van der Waals surface area contributed by atoms with E-state index in [0.29, 0.717) is 6.42 Å². The molecule has 0 radical (unpaired) electrons. The Kier molecular flexibility index (Phi) is 36.2.